The lowest BCUT2D eigenvalue weighted by atomic mass is 10.1. The molecule has 1 saturated carbocycles. The molecule has 0 bridgehead atoms. The van der Waals surface area contributed by atoms with Gasteiger partial charge in [0.05, 0.1) is 18.1 Å². The van der Waals surface area contributed by atoms with E-state index in [2.05, 4.69) is 15.1 Å². The second-order valence-electron chi connectivity index (χ2n) is 5.28. The zero-order valence-corrected chi connectivity index (χ0v) is 11.0. The van der Waals surface area contributed by atoms with Crippen LogP contribution in [-0.2, 0) is 0 Å². The number of halogens is 1. The van der Waals surface area contributed by atoms with E-state index in [0.717, 1.165) is 17.0 Å². The van der Waals surface area contributed by atoms with Gasteiger partial charge in [0, 0.05) is 23.0 Å². The van der Waals surface area contributed by atoms with Gasteiger partial charge in [0.1, 0.15) is 5.82 Å². The van der Waals surface area contributed by atoms with Crippen molar-refractivity contribution in [2.24, 2.45) is 0 Å². The summed E-state index contributed by atoms with van der Waals surface area (Å²) in [6.07, 6.45) is 7.14. The Morgan fingerprint density at radius 2 is 2.05 bits per heavy atom. The normalized spacial score (nSPS) is 14.9. The fourth-order valence-electron chi connectivity index (χ4n) is 2.51. The Morgan fingerprint density at radius 3 is 2.80 bits per heavy atom. The Balaban J connectivity index is 1.94. The average molecular weight is 268 g/mol. The first kappa shape index (κ1) is 11.5. The van der Waals surface area contributed by atoms with Gasteiger partial charge in [-0.15, -0.1) is 0 Å². The highest BCUT2D eigenvalue weighted by molar-refractivity contribution is 5.63. The van der Waals surface area contributed by atoms with Gasteiger partial charge in [0.25, 0.3) is 0 Å². The molecule has 4 rings (SSSR count). The highest BCUT2D eigenvalue weighted by Gasteiger charge is 2.28. The van der Waals surface area contributed by atoms with E-state index < -0.39 is 0 Å². The summed E-state index contributed by atoms with van der Waals surface area (Å²) in [5.74, 6) is 0.234. The Bertz CT molecular complexity index is 805. The van der Waals surface area contributed by atoms with E-state index in [9.17, 15) is 4.39 Å². The molecule has 0 amide bonds. The Kier molecular flexibility index (Phi) is 2.36. The van der Waals surface area contributed by atoms with Gasteiger partial charge in [-0.05, 0) is 37.8 Å². The predicted molar refractivity (Wildman–Crippen MR) is 72.9 cm³/mol. The van der Waals surface area contributed by atoms with E-state index in [-0.39, 0.29) is 5.82 Å². The van der Waals surface area contributed by atoms with E-state index in [1.807, 2.05) is 23.7 Å². The fraction of sp³-hybridized carbons (Fsp3) is 0.267. The molecule has 1 fully saturated rings. The van der Waals surface area contributed by atoms with Crippen molar-refractivity contribution in [3.8, 4) is 11.3 Å². The third-order valence-corrected chi connectivity index (χ3v) is 3.69. The SMILES string of the molecule is Cc1cc(-c2cncc(F)c2)nc2c(C3CC3)cnn12. The van der Waals surface area contributed by atoms with E-state index >= 15 is 0 Å². The molecule has 0 spiro atoms. The first-order chi connectivity index (χ1) is 9.72. The third-order valence-electron chi connectivity index (χ3n) is 3.69. The van der Waals surface area contributed by atoms with Crippen LogP contribution in [0.5, 0.6) is 0 Å². The summed E-state index contributed by atoms with van der Waals surface area (Å²) in [7, 11) is 0. The van der Waals surface area contributed by atoms with Crippen LogP contribution in [0.15, 0.2) is 30.7 Å². The van der Waals surface area contributed by atoms with E-state index in [1.54, 1.807) is 6.20 Å². The zero-order valence-electron chi connectivity index (χ0n) is 11.0. The highest BCUT2D eigenvalue weighted by atomic mass is 19.1. The van der Waals surface area contributed by atoms with Crippen molar-refractivity contribution in [1.29, 1.82) is 0 Å². The molecule has 4 nitrogen and oxygen atoms in total. The van der Waals surface area contributed by atoms with Crippen molar-refractivity contribution < 1.29 is 4.39 Å². The summed E-state index contributed by atoms with van der Waals surface area (Å²) in [6, 6.07) is 3.37. The molecule has 3 aromatic rings. The van der Waals surface area contributed by atoms with E-state index in [4.69, 9.17) is 0 Å². The van der Waals surface area contributed by atoms with Crippen LogP contribution in [0.1, 0.15) is 30.0 Å². The second-order valence-corrected chi connectivity index (χ2v) is 5.28. The molecule has 5 heteroatoms. The van der Waals surface area contributed by atoms with E-state index in [1.165, 1.54) is 30.7 Å². The monoisotopic (exact) mass is 268 g/mol. The Hall–Kier alpha value is -2.30. The molecule has 0 aromatic carbocycles. The molecule has 0 aliphatic heterocycles. The van der Waals surface area contributed by atoms with Crippen LogP contribution in [0.4, 0.5) is 4.39 Å². The van der Waals surface area contributed by atoms with Crippen LogP contribution in [0.3, 0.4) is 0 Å². The number of hydrogen-bond donors (Lipinski definition) is 0. The molecule has 1 aliphatic rings. The van der Waals surface area contributed by atoms with Gasteiger partial charge in [0.15, 0.2) is 5.65 Å². The number of fused-ring (bicyclic) bond motifs is 1. The quantitative estimate of drug-likeness (QED) is 0.717. The van der Waals surface area contributed by atoms with Crippen LogP contribution in [0.2, 0.25) is 0 Å². The molecule has 0 saturated heterocycles. The van der Waals surface area contributed by atoms with Crippen molar-refractivity contribution in [1.82, 2.24) is 19.6 Å². The van der Waals surface area contributed by atoms with Crippen LogP contribution >= 0.6 is 0 Å². The highest BCUT2D eigenvalue weighted by Crippen LogP contribution is 2.41. The standard InChI is InChI=1S/C15H13FN4/c1-9-4-14(11-5-12(16)7-17-6-11)19-15-13(10-2-3-10)8-18-20(9)15/h4-8,10H,2-3H2,1H3. The molecule has 0 N–H and O–H groups in total. The summed E-state index contributed by atoms with van der Waals surface area (Å²) < 4.78 is 15.2. The van der Waals surface area contributed by atoms with Crippen LogP contribution in [0, 0.1) is 12.7 Å². The molecule has 0 atom stereocenters. The summed E-state index contributed by atoms with van der Waals surface area (Å²) >= 11 is 0. The number of rotatable bonds is 2. The van der Waals surface area contributed by atoms with Gasteiger partial charge in [-0.2, -0.15) is 5.10 Å². The lowest BCUT2D eigenvalue weighted by molar-refractivity contribution is 0.622. The minimum absolute atomic E-state index is 0.349. The summed E-state index contributed by atoms with van der Waals surface area (Å²) in [5.41, 5.74) is 4.50. The predicted octanol–water partition coefficient (Wildman–Crippen LogP) is 3.12. The van der Waals surface area contributed by atoms with Gasteiger partial charge in [-0.3, -0.25) is 4.98 Å². The maximum atomic E-state index is 13.3. The number of hydrogen-bond acceptors (Lipinski definition) is 3. The average Bonchev–Trinajstić information content (AvgIpc) is 3.18. The van der Waals surface area contributed by atoms with Crippen molar-refractivity contribution in [2.45, 2.75) is 25.7 Å². The molecule has 3 aromatic heterocycles. The molecular weight excluding hydrogens is 255 g/mol. The molecule has 20 heavy (non-hydrogen) atoms. The maximum Gasteiger partial charge on any atom is 0.159 e. The molecule has 1 aliphatic carbocycles. The van der Waals surface area contributed by atoms with Gasteiger partial charge >= 0.3 is 0 Å². The summed E-state index contributed by atoms with van der Waals surface area (Å²) in [5, 5.41) is 4.40. The van der Waals surface area contributed by atoms with Crippen LogP contribution < -0.4 is 0 Å². The van der Waals surface area contributed by atoms with Crippen molar-refractivity contribution in [3.05, 3.63) is 47.8 Å². The largest absolute Gasteiger partial charge is 0.261 e. The van der Waals surface area contributed by atoms with Gasteiger partial charge in [-0.25, -0.2) is 13.9 Å². The van der Waals surface area contributed by atoms with E-state index in [0.29, 0.717) is 11.5 Å². The molecule has 0 radical (unpaired) electrons. The minimum atomic E-state index is -0.349. The summed E-state index contributed by atoms with van der Waals surface area (Å²) in [6.45, 7) is 1.98. The van der Waals surface area contributed by atoms with Crippen molar-refractivity contribution in [3.63, 3.8) is 0 Å². The number of nitrogens with zero attached hydrogens (tertiary/aromatic N) is 4. The lowest BCUT2D eigenvalue weighted by Gasteiger charge is -2.05. The summed E-state index contributed by atoms with van der Waals surface area (Å²) in [4.78, 5) is 8.55. The number of aromatic nitrogens is 4. The first-order valence-corrected chi connectivity index (χ1v) is 6.68. The molecule has 100 valence electrons. The van der Waals surface area contributed by atoms with Gasteiger partial charge < -0.3 is 0 Å². The number of pyridine rings is 1. The third kappa shape index (κ3) is 1.78. The molecule has 3 heterocycles. The fourth-order valence-corrected chi connectivity index (χ4v) is 2.51. The smallest absolute Gasteiger partial charge is 0.159 e. The van der Waals surface area contributed by atoms with Gasteiger partial charge in [-0.1, -0.05) is 0 Å². The first-order valence-electron chi connectivity index (χ1n) is 6.68. The molecular formula is C15H13FN4. The van der Waals surface area contributed by atoms with Crippen LogP contribution in [-0.4, -0.2) is 19.6 Å². The zero-order chi connectivity index (χ0) is 13.7. The minimum Gasteiger partial charge on any atom is -0.261 e. The van der Waals surface area contributed by atoms with Crippen molar-refractivity contribution in [2.75, 3.05) is 0 Å². The maximum absolute atomic E-state index is 13.3. The lowest BCUT2D eigenvalue weighted by Crippen LogP contribution is -1.98. The topological polar surface area (TPSA) is 43.1 Å². The van der Waals surface area contributed by atoms with Crippen molar-refractivity contribution >= 4 is 5.65 Å². The van der Waals surface area contributed by atoms with Crippen LogP contribution in [0.25, 0.3) is 16.9 Å². The second kappa shape index (κ2) is 4.10. The molecule has 0 unspecified atom stereocenters. The number of aryl methyl sites for hydroxylation is 1. The Labute approximate surface area is 115 Å². The Morgan fingerprint density at radius 1 is 1.20 bits per heavy atom. The van der Waals surface area contributed by atoms with Gasteiger partial charge in [0.2, 0.25) is 0 Å².